The van der Waals surface area contributed by atoms with Crippen LogP contribution >= 0.6 is 35.0 Å². The van der Waals surface area contributed by atoms with Crippen molar-refractivity contribution in [3.8, 4) is 17.1 Å². The van der Waals surface area contributed by atoms with Gasteiger partial charge in [0.1, 0.15) is 11.6 Å². The number of benzene rings is 2. The van der Waals surface area contributed by atoms with Gasteiger partial charge in [0.2, 0.25) is 17.1 Å². The highest BCUT2D eigenvalue weighted by atomic mass is 35.5. The van der Waals surface area contributed by atoms with E-state index in [1.165, 1.54) is 16.4 Å². The van der Waals surface area contributed by atoms with Crippen LogP contribution in [0, 0.1) is 0 Å². The van der Waals surface area contributed by atoms with Crippen molar-refractivity contribution in [3.05, 3.63) is 58.3 Å². The Bertz CT molecular complexity index is 1270. The predicted octanol–water partition coefficient (Wildman–Crippen LogP) is 3.78. The zero-order chi connectivity index (χ0) is 22.7. The number of nitrogens with zero attached hydrogens (tertiary/aromatic N) is 6. The second kappa shape index (κ2) is 9.47. The molecular weight excluding hydrogens is 473 g/mol. The molecule has 0 aliphatic rings. The molecule has 10 nitrogen and oxygen atoms in total. The zero-order valence-electron chi connectivity index (χ0n) is 16.7. The maximum atomic E-state index is 6.26. The van der Waals surface area contributed by atoms with Crippen LogP contribution in [0.3, 0.4) is 0 Å². The van der Waals surface area contributed by atoms with E-state index < -0.39 is 0 Å². The second-order valence-electron chi connectivity index (χ2n) is 6.35. The summed E-state index contributed by atoms with van der Waals surface area (Å²) in [5, 5.41) is 12.7. The molecule has 0 saturated heterocycles. The number of hydrogen-bond acceptors (Lipinski definition) is 10. The number of aromatic nitrogens is 6. The van der Waals surface area contributed by atoms with Crippen molar-refractivity contribution in [2.45, 2.75) is 10.9 Å². The third kappa shape index (κ3) is 4.79. The minimum atomic E-state index is 0.0795. The van der Waals surface area contributed by atoms with Gasteiger partial charge in [-0.3, -0.25) is 0 Å². The molecule has 0 aliphatic heterocycles. The first kappa shape index (κ1) is 21.9. The van der Waals surface area contributed by atoms with E-state index in [9.17, 15) is 0 Å². The fourth-order valence-electron chi connectivity index (χ4n) is 2.79. The summed E-state index contributed by atoms with van der Waals surface area (Å²) in [6.07, 6.45) is 0. The molecule has 0 spiro atoms. The number of hydrogen-bond donors (Lipinski definition) is 3. The van der Waals surface area contributed by atoms with Gasteiger partial charge in [0.25, 0.3) is 0 Å². The van der Waals surface area contributed by atoms with Crippen LogP contribution in [0.2, 0.25) is 10.0 Å². The average molecular weight is 490 g/mol. The standard InChI is InChI=1S/C19H17Cl2N9OS/c1-31-14-5-3-2-4-13(14)24-18-26-15(25-17(22)27-18)9-32-19-29-28-16(30(19)23)11-7-6-10(20)8-12(11)21/h2-8H,9,23H2,1H3,(H3,22,24,25,26,27). The van der Waals surface area contributed by atoms with E-state index in [0.29, 0.717) is 55.6 Å². The molecule has 0 radical (unpaired) electrons. The average Bonchev–Trinajstić information content (AvgIpc) is 3.12. The lowest BCUT2D eigenvalue weighted by atomic mass is 10.2. The van der Waals surface area contributed by atoms with E-state index in [0.717, 1.165) is 0 Å². The van der Waals surface area contributed by atoms with Crippen LogP contribution in [0.15, 0.2) is 47.6 Å². The number of nitrogen functional groups attached to an aromatic ring is 2. The summed E-state index contributed by atoms with van der Waals surface area (Å²) in [5.41, 5.74) is 7.18. The van der Waals surface area contributed by atoms with Crippen LogP contribution in [0.5, 0.6) is 5.75 Å². The predicted molar refractivity (Wildman–Crippen MR) is 126 cm³/mol. The SMILES string of the molecule is COc1ccccc1Nc1nc(N)nc(CSc2nnc(-c3ccc(Cl)cc3Cl)n2N)n1. The monoisotopic (exact) mass is 489 g/mol. The van der Waals surface area contributed by atoms with E-state index in [4.69, 9.17) is 39.5 Å². The summed E-state index contributed by atoms with van der Waals surface area (Å²) < 4.78 is 6.68. The highest BCUT2D eigenvalue weighted by Gasteiger charge is 2.16. The molecule has 0 bridgehead atoms. The van der Waals surface area contributed by atoms with Crippen LogP contribution in [-0.4, -0.2) is 36.9 Å². The van der Waals surface area contributed by atoms with Crippen molar-refractivity contribution in [2.75, 3.05) is 24.0 Å². The minimum absolute atomic E-state index is 0.0795. The number of ether oxygens (including phenoxy) is 1. The molecule has 4 rings (SSSR count). The Hall–Kier alpha value is -3.28. The zero-order valence-corrected chi connectivity index (χ0v) is 19.0. The molecule has 0 aliphatic carbocycles. The van der Waals surface area contributed by atoms with Crippen molar-refractivity contribution in [2.24, 2.45) is 0 Å². The fraction of sp³-hybridized carbons (Fsp3) is 0.105. The third-order valence-electron chi connectivity index (χ3n) is 4.22. The molecule has 0 fully saturated rings. The second-order valence-corrected chi connectivity index (χ2v) is 8.13. The lowest BCUT2D eigenvalue weighted by Gasteiger charge is -2.10. The molecule has 2 heterocycles. The van der Waals surface area contributed by atoms with Gasteiger partial charge in [0.15, 0.2) is 5.82 Å². The van der Waals surface area contributed by atoms with Crippen molar-refractivity contribution in [1.29, 1.82) is 0 Å². The maximum Gasteiger partial charge on any atom is 0.232 e. The van der Waals surface area contributed by atoms with Gasteiger partial charge in [-0.1, -0.05) is 47.1 Å². The topological polar surface area (TPSA) is 143 Å². The van der Waals surface area contributed by atoms with Crippen LogP contribution < -0.4 is 21.6 Å². The van der Waals surface area contributed by atoms with Gasteiger partial charge in [-0.15, -0.1) is 10.2 Å². The van der Waals surface area contributed by atoms with Gasteiger partial charge in [-0.05, 0) is 30.3 Å². The minimum Gasteiger partial charge on any atom is -0.495 e. The highest BCUT2D eigenvalue weighted by Crippen LogP contribution is 2.31. The molecule has 4 aromatic rings. The van der Waals surface area contributed by atoms with Crippen LogP contribution in [-0.2, 0) is 5.75 Å². The lowest BCUT2D eigenvalue weighted by molar-refractivity contribution is 0.417. The first-order valence-electron chi connectivity index (χ1n) is 9.14. The summed E-state index contributed by atoms with van der Waals surface area (Å²) in [7, 11) is 1.58. The Morgan fingerprint density at radius 2 is 1.91 bits per heavy atom. The smallest absolute Gasteiger partial charge is 0.232 e. The summed E-state index contributed by atoms with van der Waals surface area (Å²) in [6.45, 7) is 0. The van der Waals surface area contributed by atoms with E-state index in [2.05, 4.69) is 30.5 Å². The number of methoxy groups -OCH3 is 1. The van der Waals surface area contributed by atoms with Gasteiger partial charge < -0.3 is 21.6 Å². The molecule has 2 aromatic heterocycles. The van der Waals surface area contributed by atoms with E-state index in [1.54, 1.807) is 25.3 Å². The number of anilines is 3. The number of halogens is 2. The van der Waals surface area contributed by atoms with Gasteiger partial charge in [-0.2, -0.15) is 15.0 Å². The van der Waals surface area contributed by atoms with E-state index in [1.807, 2.05) is 24.3 Å². The Morgan fingerprint density at radius 1 is 1.09 bits per heavy atom. The largest absolute Gasteiger partial charge is 0.495 e. The van der Waals surface area contributed by atoms with Crippen LogP contribution in [0.4, 0.5) is 17.6 Å². The Kier molecular flexibility index (Phi) is 6.49. The number of nitrogens with two attached hydrogens (primary N) is 2. The number of para-hydroxylation sites is 2. The molecular formula is C19H17Cl2N9OS. The Balaban J connectivity index is 1.51. The van der Waals surface area contributed by atoms with E-state index >= 15 is 0 Å². The molecule has 0 amide bonds. The maximum absolute atomic E-state index is 6.26. The Morgan fingerprint density at radius 3 is 2.69 bits per heavy atom. The number of nitrogens with one attached hydrogen (secondary N) is 1. The number of rotatable bonds is 7. The van der Waals surface area contributed by atoms with Crippen molar-refractivity contribution >= 4 is 52.5 Å². The lowest BCUT2D eigenvalue weighted by Crippen LogP contribution is -2.12. The summed E-state index contributed by atoms with van der Waals surface area (Å²) in [6, 6.07) is 12.4. The third-order valence-corrected chi connectivity index (χ3v) is 5.71. The van der Waals surface area contributed by atoms with Crippen molar-refractivity contribution in [3.63, 3.8) is 0 Å². The quantitative estimate of drug-likeness (QED) is 0.259. The normalized spacial score (nSPS) is 10.8. The van der Waals surface area contributed by atoms with Crippen LogP contribution in [0.25, 0.3) is 11.4 Å². The summed E-state index contributed by atoms with van der Waals surface area (Å²) in [4.78, 5) is 12.7. The van der Waals surface area contributed by atoms with Gasteiger partial charge in [0.05, 0.1) is 23.6 Å². The first-order valence-corrected chi connectivity index (χ1v) is 10.9. The molecule has 13 heteroatoms. The van der Waals surface area contributed by atoms with Gasteiger partial charge >= 0.3 is 0 Å². The summed E-state index contributed by atoms with van der Waals surface area (Å²) in [5.74, 6) is 8.37. The molecule has 164 valence electrons. The summed E-state index contributed by atoms with van der Waals surface area (Å²) >= 11 is 13.5. The highest BCUT2D eigenvalue weighted by molar-refractivity contribution is 7.98. The molecule has 5 N–H and O–H groups in total. The Labute approximate surface area is 197 Å². The molecule has 32 heavy (non-hydrogen) atoms. The molecule has 0 atom stereocenters. The first-order chi connectivity index (χ1) is 15.4. The van der Waals surface area contributed by atoms with Crippen LogP contribution in [0.1, 0.15) is 5.82 Å². The molecule has 2 aromatic carbocycles. The fourth-order valence-corrected chi connectivity index (χ4v) is 3.99. The molecule has 0 saturated carbocycles. The van der Waals surface area contributed by atoms with Crippen molar-refractivity contribution in [1.82, 2.24) is 29.8 Å². The van der Waals surface area contributed by atoms with Crippen molar-refractivity contribution < 1.29 is 4.74 Å². The number of thioether (sulfide) groups is 1. The van der Waals surface area contributed by atoms with Gasteiger partial charge in [0, 0.05) is 10.6 Å². The molecule has 0 unspecified atom stereocenters. The van der Waals surface area contributed by atoms with E-state index in [-0.39, 0.29) is 5.95 Å². The van der Waals surface area contributed by atoms with Gasteiger partial charge in [-0.25, -0.2) is 4.68 Å².